The highest BCUT2D eigenvalue weighted by molar-refractivity contribution is 4.72. The van der Waals surface area contributed by atoms with Crippen molar-refractivity contribution < 1.29 is 4.74 Å². The van der Waals surface area contributed by atoms with Crippen molar-refractivity contribution in [2.75, 3.05) is 40.4 Å². The molecule has 0 atom stereocenters. The van der Waals surface area contributed by atoms with Crippen molar-refractivity contribution in [2.45, 2.75) is 26.3 Å². The van der Waals surface area contributed by atoms with Crippen LogP contribution in [0.5, 0.6) is 0 Å². The smallest absolute Gasteiger partial charge is 0.0594 e. The molecule has 0 aromatic rings. The van der Waals surface area contributed by atoms with Crippen molar-refractivity contribution in [1.29, 1.82) is 0 Å². The van der Waals surface area contributed by atoms with E-state index in [1.54, 1.807) is 0 Å². The molecule has 1 N–H and O–H groups in total. The lowest BCUT2D eigenvalue weighted by Crippen LogP contribution is -2.40. The van der Waals surface area contributed by atoms with Crippen molar-refractivity contribution in [3.05, 3.63) is 0 Å². The fourth-order valence-corrected chi connectivity index (χ4v) is 0.813. The molecule has 0 saturated heterocycles. The maximum Gasteiger partial charge on any atom is 0.0594 e. The summed E-state index contributed by atoms with van der Waals surface area (Å²) in [6.07, 6.45) is 0. The van der Waals surface area contributed by atoms with Crippen molar-refractivity contribution in [2.24, 2.45) is 0 Å². The predicted octanol–water partition coefficient (Wildman–Crippen LogP) is 0.953. The van der Waals surface area contributed by atoms with Gasteiger partial charge in [0.15, 0.2) is 0 Å². The van der Waals surface area contributed by atoms with E-state index in [1.807, 2.05) is 7.05 Å². The maximum absolute atomic E-state index is 5.44. The molecule has 13 heavy (non-hydrogen) atoms. The van der Waals surface area contributed by atoms with Gasteiger partial charge in [-0.1, -0.05) is 0 Å². The molecule has 0 fully saturated rings. The standard InChI is InChI=1S/C10H24N2O/c1-10(2,3)12(5)7-9-13-8-6-11-4/h11H,6-9H2,1-5H3. The maximum atomic E-state index is 5.44. The molecule has 0 radical (unpaired) electrons. The van der Waals surface area contributed by atoms with Crippen LogP contribution in [0.15, 0.2) is 0 Å². The van der Waals surface area contributed by atoms with Gasteiger partial charge in [-0.05, 0) is 34.9 Å². The van der Waals surface area contributed by atoms with Gasteiger partial charge in [-0.25, -0.2) is 0 Å². The molecule has 0 saturated carbocycles. The van der Waals surface area contributed by atoms with Crippen molar-refractivity contribution >= 4 is 0 Å². The minimum absolute atomic E-state index is 0.242. The van der Waals surface area contributed by atoms with Crippen LogP contribution in [-0.4, -0.2) is 50.8 Å². The SMILES string of the molecule is CNCCOCCN(C)C(C)(C)C. The van der Waals surface area contributed by atoms with Gasteiger partial charge in [-0.15, -0.1) is 0 Å². The van der Waals surface area contributed by atoms with Crippen LogP contribution < -0.4 is 5.32 Å². The predicted molar refractivity (Wildman–Crippen MR) is 57.1 cm³/mol. The highest BCUT2D eigenvalue weighted by atomic mass is 16.5. The molecular formula is C10H24N2O. The molecule has 0 aliphatic rings. The first-order valence-electron chi connectivity index (χ1n) is 4.92. The third-order valence-electron chi connectivity index (χ3n) is 2.21. The lowest BCUT2D eigenvalue weighted by Gasteiger charge is -2.31. The van der Waals surface area contributed by atoms with Crippen LogP contribution in [0, 0.1) is 0 Å². The summed E-state index contributed by atoms with van der Waals surface area (Å²) in [4.78, 5) is 2.30. The highest BCUT2D eigenvalue weighted by Crippen LogP contribution is 2.08. The zero-order valence-electron chi connectivity index (χ0n) is 9.68. The molecule has 0 aliphatic carbocycles. The third kappa shape index (κ3) is 6.99. The van der Waals surface area contributed by atoms with Crippen LogP contribution in [0.1, 0.15) is 20.8 Å². The Labute approximate surface area is 82.4 Å². The van der Waals surface area contributed by atoms with E-state index in [4.69, 9.17) is 4.74 Å². The lowest BCUT2D eigenvalue weighted by molar-refractivity contribution is 0.0828. The number of likely N-dealkylation sites (N-methyl/N-ethyl adjacent to an activating group) is 2. The van der Waals surface area contributed by atoms with Gasteiger partial charge in [0.2, 0.25) is 0 Å². The first kappa shape index (κ1) is 12.9. The first-order valence-corrected chi connectivity index (χ1v) is 4.92. The highest BCUT2D eigenvalue weighted by Gasteiger charge is 2.15. The van der Waals surface area contributed by atoms with E-state index in [0.29, 0.717) is 0 Å². The molecule has 0 bridgehead atoms. The molecule has 3 heteroatoms. The van der Waals surface area contributed by atoms with Gasteiger partial charge < -0.3 is 10.1 Å². The van der Waals surface area contributed by atoms with Crippen LogP contribution in [0.2, 0.25) is 0 Å². The number of rotatable bonds is 6. The summed E-state index contributed by atoms with van der Waals surface area (Å²) in [5.74, 6) is 0. The Balaban J connectivity index is 3.32. The molecule has 0 aromatic carbocycles. The van der Waals surface area contributed by atoms with Gasteiger partial charge in [-0.2, -0.15) is 0 Å². The summed E-state index contributed by atoms with van der Waals surface area (Å²) in [7, 11) is 4.06. The van der Waals surface area contributed by atoms with Crippen LogP contribution in [-0.2, 0) is 4.74 Å². The van der Waals surface area contributed by atoms with Crippen LogP contribution in [0.25, 0.3) is 0 Å². The molecule has 3 nitrogen and oxygen atoms in total. The molecular weight excluding hydrogens is 164 g/mol. The average molecular weight is 188 g/mol. The van der Waals surface area contributed by atoms with E-state index < -0.39 is 0 Å². The zero-order valence-corrected chi connectivity index (χ0v) is 9.68. The molecule has 0 amide bonds. The topological polar surface area (TPSA) is 24.5 Å². The van der Waals surface area contributed by atoms with E-state index in [9.17, 15) is 0 Å². The Hall–Kier alpha value is -0.120. The largest absolute Gasteiger partial charge is 0.379 e. The Morgan fingerprint density at radius 1 is 1.23 bits per heavy atom. The summed E-state index contributed by atoms with van der Waals surface area (Å²) >= 11 is 0. The number of nitrogens with zero attached hydrogens (tertiary/aromatic N) is 1. The second kappa shape index (κ2) is 6.35. The number of hydrogen-bond acceptors (Lipinski definition) is 3. The first-order chi connectivity index (χ1) is 5.98. The van der Waals surface area contributed by atoms with E-state index >= 15 is 0 Å². The second-order valence-electron chi connectivity index (χ2n) is 4.31. The van der Waals surface area contributed by atoms with Crippen molar-refractivity contribution in [3.63, 3.8) is 0 Å². The summed E-state index contributed by atoms with van der Waals surface area (Å²) < 4.78 is 5.44. The van der Waals surface area contributed by atoms with Gasteiger partial charge in [0.25, 0.3) is 0 Å². The minimum Gasteiger partial charge on any atom is -0.379 e. The zero-order chi connectivity index (χ0) is 10.3. The third-order valence-corrected chi connectivity index (χ3v) is 2.21. The van der Waals surface area contributed by atoms with Crippen molar-refractivity contribution in [1.82, 2.24) is 10.2 Å². The van der Waals surface area contributed by atoms with E-state index in [0.717, 1.165) is 26.3 Å². The van der Waals surface area contributed by atoms with Crippen LogP contribution in [0.4, 0.5) is 0 Å². The molecule has 0 aliphatic heterocycles. The Morgan fingerprint density at radius 2 is 1.85 bits per heavy atom. The van der Waals surface area contributed by atoms with Gasteiger partial charge >= 0.3 is 0 Å². The van der Waals surface area contributed by atoms with E-state index in [-0.39, 0.29) is 5.54 Å². The summed E-state index contributed by atoms with van der Waals surface area (Å²) in [5.41, 5.74) is 0.242. The normalized spacial score (nSPS) is 12.5. The Bertz CT molecular complexity index is 121. The average Bonchev–Trinajstić information content (AvgIpc) is 2.02. The van der Waals surface area contributed by atoms with E-state index in [1.165, 1.54) is 0 Å². The Morgan fingerprint density at radius 3 is 2.31 bits per heavy atom. The van der Waals surface area contributed by atoms with Gasteiger partial charge in [0, 0.05) is 18.6 Å². The number of ether oxygens (including phenoxy) is 1. The molecule has 0 rings (SSSR count). The molecule has 0 heterocycles. The molecule has 0 unspecified atom stereocenters. The van der Waals surface area contributed by atoms with Crippen LogP contribution >= 0.6 is 0 Å². The minimum atomic E-state index is 0.242. The molecule has 0 spiro atoms. The quantitative estimate of drug-likeness (QED) is 0.628. The monoisotopic (exact) mass is 188 g/mol. The molecule has 0 aromatic heterocycles. The summed E-state index contributed by atoms with van der Waals surface area (Å²) in [6, 6.07) is 0. The fourth-order valence-electron chi connectivity index (χ4n) is 0.813. The fraction of sp³-hybridized carbons (Fsp3) is 1.00. The van der Waals surface area contributed by atoms with Gasteiger partial charge in [0.1, 0.15) is 0 Å². The summed E-state index contributed by atoms with van der Waals surface area (Å²) in [6.45, 7) is 10.2. The number of hydrogen-bond donors (Lipinski definition) is 1. The van der Waals surface area contributed by atoms with E-state index in [2.05, 4.69) is 38.0 Å². The number of nitrogens with one attached hydrogen (secondary N) is 1. The second-order valence-corrected chi connectivity index (χ2v) is 4.31. The van der Waals surface area contributed by atoms with Crippen molar-refractivity contribution in [3.8, 4) is 0 Å². The Kier molecular flexibility index (Phi) is 6.29. The van der Waals surface area contributed by atoms with Gasteiger partial charge in [-0.3, -0.25) is 4.90 Å². The summed E-state index contributed by atoms with van der Waals surface area (Å²) in [5, 5.41) is 3.05. The van der Waals surface area contributed by atoms with Crippen LogP contribution in [0.3, 0.4) is 0 Å². The van der Waals surface area contributed by atoms with Gasteiger partial charge in [0.05, 0.1) is 13.2 Å². The lowest BCUT2D eigenvalue weighted by atomic mass is 10.1. The molecule has 80 valence electrons.